The van der Waals surface area contributed by atoms with E-state index < -0.39 is 23.9 Å². The van der Waals surface area contributed by atoms with Crippen molar-refractivity contribution in [2.75, 3.05) is 0 Å². The highest BCUT2D eigenvalue weighted by molar-refractivity contribution is 5.79. The molecule has 0 saturated heterocycles. The lowest BCUT2D eigenvalue weighted by molar-refractivity contribution is -0.132. The zero-order chi connectivity index (χ0) is 12.3. The van der Waals surface area contributed by atoms with Crippen LogP contribution >= 0.6 is 0 Å². The van der Waals surface area contributed by atoms with Crippen molar-refractivity contribution in [2.24, 2.45) is 11.5 Å². The third-order valence-corrected chi connectivity index (χ3v) is 2.24. The largest absolute Gasteiger partial charge is 0.385 e. The molecular weight excluding hydrogens is 215 g/mol. The maximum atomic E-state index is 13.0. The monoisotopic (exact) mass is 228 g/mol. The van der Waals surface area contributed by atoms with E-state index in [0.717, 1.165) is 6.07 Å². The molecule has 0 saturated carbocycles. The van der Waals surface area contributed by atoms with Gasteiger partial charge in [-0.1, -0.05) is 6.07 Å². The maximum Gasteiger partial charge on any atom is 0.249 e. The van der Waals surface area contributed by atoms with E-state index in [4.69, 9.17) is 11.5 Å². The molecule has 0 fully saturated rings. The minimum atomic E-state index is -1.79. The number of aliphatic hydroxyl groups is 2. The molecule has 2 atom stereocenters. The Kier molecular flexibility index (Phi) is 3.94. The van der Waals surface area contributed by atoms with Crippen LogP contribution in [0.5, 0.6) is 0 Å². The summed E-state index contributed by atoms with van der Waals surface area (Å²) in [5, 5.41) is 18.9. The highest BCUT2D eigenvalue weighted by Crippen LogP contribution is 2.22. The molecule has 1 aromatic rings. The van der Waals surface area contributed by atoms with Gasteiger partial charge >= 0.3 is 0 Å². The molecule has 6 N–H and O–H groups in total. The van der Waals surface area contributed by atoms with Crippen molar-refractivity contribution < 1.29 is 19.4 Å². The Hall–Kier alpha value is -1.50. The van der Waals surface area contributed by atoms with Crippen LogP contribution in [0, 0.1) is 5.82 Å². The average molecular weight is 228 g/mol. The molecule has 0 aromatic heterocycles. The third-order valence-electron chi connectivity index (χ3n) is 2.24. The molecule has 88 valence electrons. The van der Waals surface area contributed by atoms with Crippen molar-refractivity contribution in [3.8, 4) is 0 Å². The number of hydrogen-bond acceptors (Lipinski definition) is 4. The fraction of sp³-hybridized carbons (Fsp3) is 0.300. The van der Waals surface area contributed by atoms with E-state index in [1.807, 2.05) is 0 Å². The normalized spacial score (nSPS) is 14.5. The van der Waals surface area contributed by atoms with E-state index in [9.17, 15) is 19.4 Å². The second-order valence-corrected chi connectivity index (χ2v) is 3.34. The number of carbonyl (C=O) groups excluding carboxylic acids is 1. The summed E-state index contributed by atoms with van der Waals surface area (Å²) in [7, 11) is 0. The molecule has 1 rings (SSSR count). The number of aliphatic hydroxyl groups excluding tert-OH is 2. The summed E-state index contributed by atoms with van der Waals surface area (Å²) in [6, 6.07) is 3.57. The number of nitrogens with two attached hydrogens (primary N) is 2. The van der Waals surface area contributed by atoms with Crippen LogP contribution in [0.1, 0.15) is 17.2 Å². The Morgan fingerprint density at radius 1 is 1.44 bits per heavy atom. The van der Waals surface area contributed by atoms with E-state index in [1.165, 1.54) is 12.1 Å². The van der Waals surface area contributed by atoms with Crippen LogP contribution in [0.15, 0.2) is 18.2 Å². The first-order valence-corrected chi connectivity index (χ1v) is 4.61. The van der Waals surface area contributed by atoms with Gasteiger partial charge in [-0.25, -0.2) is 4.39 Å². The van der Waals surface area contributed by atoms with Crippen LogP contribution < -0.4 is 11.5 Å². The Morgan fingerprint density at radius 3 is 2.56 bits per heavy atom. The fourth-order valence-electron chi connectivity index (χ4n) is 1.35. The van der Waals surface area contributed by atoms with Crippen molar-refractivity contribution in [1.29, 1.82) is 0 Å². The molecule has 0 aliphatic carbocycles. The van der Waals surface area contributed by atoms with Crippen molar-refractivity contribution in [3.63, 3.8) is 0 Å². The van der Waals surface area contributed by atoms with Crippen molar-refractivity contribution in [3.05, 3.63) is 35.1 Å². The molecular formula is C10H13FN2O3. The molecule has 0 radical (unpaired) electrons. The topological polar surface area (TPSA) is 110 Å². The van der Waals surface area contributed by atoms with E-state index in [1.54, 1.807) is 0 Å². The molecule has 1 aromatic carbocycles. The Bertz CT molecular complexity index is 398. The standard InChI is InChI=1S/C10H13FN2O3/c11-6-2-1-5(4-12)7(3-6)8(14)9(15)10(13)16/h1-3,8-9,14-15H,4,12H2,(H2,13,16). The predicted octanol–water partition coefficient (Wildman–Crippen LogP) is -0.836. The van der Waals surface area contributed by atoms with Crippen molar-refractivity contribution >= 4 is 5.91 Å². The second-order valence-electron chi connectivity index (χ2n) is 3.34. The SMILES string of the molecule is NCc1ccc(F)cc1C(O)C(O)C(N)=O. The van der Waals surface area contributed by atoms with E-state index in [0.29, 0.717) is 5.56 Å². The zero-order valence-electron chi connectivity index (χ0n) is 8.43. The zero-order valence-corrected chi connectivity index (χ0v) is 8.43. The molecule has 2 unspecified atom stereocenters. The summed E-state index contributed by atoms with van der Waals surface area (Å²) in [5.74, 6) is -1.68. The summed E-state index contributed by atoms with van der Waals surface area (Å²) in [4.78, 5) is 10.7. The first-order valence-electron chi connectivity index (χ1n) is 4.61. The van der Waals surface area contributed by atoms with Crippen molar-refractivity contribution in [1.82, 2.24) is 0 Å². The molecule has 6 heteroatoms. The Labute approximate surface area is 91.5 Å². The molecule has 0 spiro atoms. The first-order chi connectivity index (χ1) is 7.47. The third kappa shape index (κ3) is 2.54. The van der Waals surface area contributed by atoms with Gasteiger partial charge in [-0.2, -0.15) is 0 Å². The number of benzene rings is 1. The summed E-state index contributed by atoms with van der Waals surface area (Å²) < 4.78 is 13.0. The Balaban J connectivity index is 3.10. The van der Waals surface area contributed by atoms with E-state index in [-0.39, 0.29) is 12.1 Å². The van der Waals surface area contributed by atoms with Crippen LogP contribution in [-0.2, 0) is 11.3 Å². The van der Waals surface area contributed by atoms with Gasteiger partial charge < -0.3 is 21.7 Å². The summed E-state index contributed by atoms with van der Waals surface area (Å²) >= 11 is 0. The first kappa shape index (κ1) is 12.6. The van der Waals surface area contributed by atoms with Gasteiger partial charge in [0.25, 0.3) is 0 Å². The maximum absolute atomic E-state index is 13.0. The lowest BCUT2D eigenvalue weighted by Gasteiger charge is -2.18. The predicted molar refractivity (Wildman–Crippen MR) is 54.5 cm³/mol. The minimum absolute atomic E-state index is 0.0537. The smallest absolute Gasteiger partial charge is 0.249 e. The van der Waals surface area contributed by atoms with E-state index >= 15 is 0 Å². The molecule has 16 heavy (non-hydrogen) atoms. The summed E-state index contributed by atoms with van der Waals surface area (Å²) in [6.45, 7) is 0.0537. The number of halogens is 1. The van der Waals surface area contributed by atoms with Gasteiger partial charge in [0.15, 0.2) is 6.10 Å². The fourth-order valence-corrected chi connectivity index (χ4v) is 1.35. The van der Waals surface area contributed by atoms with Crippen molar-refractivity contribution in [2.45, 2.75) is 18.8 Å². The molecule has 0 heterocycles. The van der Waals surface area contributed by atoms with Gasteiger partial charge in [0, 0.05) is 6.54 Å². The van der Waals surface area contributed by atoms with Gasteiger partial charge in [0.1, 0.15) is 11.9 Å². The number of hydrogen-bond donors (Lipinski definition) is 4. The quantitative estimate of drug-likeness (QED) is 0.538. The Morgan fingerprint density at radius 2 is 2.06 bits per heavy atom. The van der Waals surface area contributed by atoms with Crippen LogP contribution in [-0.4, -0.2) is 22.2 Å². The van der Waals surface area contributed by atoms with Crippen LogP contribution in [0.3, 0.4) is 0 Å². The highest BCUT2D eigenvalue weighted by Gasteiger charge is 2.25. The lowest BCUT2D eigenvalue weighted by Crippen LogP contribution is -2.34. The van der Waals surface area contributed by atoms with Gasteiger partial charge in [-0.15, -0.1) is 0 Å². The van der Waals surface area contributed by atoms with Crippen LogP contribution in [0.2, 0.25) is 0 Å². The van der Waals surface area contributed by atoms with Gasteiger partial charge in [0.05, 0.1) is 0 Å². The highest BCUT2D eigenvalue weighted by atomic mass is 19.1. The number of carbonyl (C=O) groups is 1. The molecule has 1 amide bonds. The number of amides is 1. The molecule has 0 bridgehead atoms. The van der Waals surface area contributed by atoms with Crippen LogP contribution in [0.25, 0.3) is 0 Å². The molecule has 5 nitrogen and oxygen atoms in total. The number of rotatable bonds is 4. The van der Waals surface area contributed by atoms with Crippen LogP contribution in [0.4, 0.5) is 4.39 Å². The van der Waals surface area contributed by atoms with Gasteiger partial charge in [0.2, 0.25) is 5.91 Å². The lowest BCUT2D eigenvalue weighted by atomic mass is 9.98. The minimum Gasteiger partial charge on any atom is -0.385 e. The van der Waals surface area contributed by atoms with Gasteiger partial charge in [-0.05, 0) is 23.3 Å². The second kappa shape index (κ2) is 5.02. The van der Waals surface area contributed by atoms with Gasteiger partial charge in [-0.3, -0.25) is 4.79 Å². The summed E-state index contributed by atoms with van der Waals surface area (Å²) in [6.07, 6.45) is -3.36. The molecule has 0 aliphatic rings. The molecule has 0 aliphatic heterocycles. The summed E-state index contributed by atoms with van der Waals surface area (Å²) in [5.41, 5.74) is 10.7. The number of primary amides is 1. The van der Waals surface area contributed by atoms with E-state index in [2.05, 4.69) is 0 Å². The average Bonchev–Trinajstić information content (AvgIpc) is 2.26.